The highest BCUT2D eigenvalue weighted by atomic mass is 16.1. The molecule has 0 atom stereocenters. The third kappa shape index (κ3) is 3.33. The Hall–Kier alpha value is -0.860. The van der Waals surface area contributed by atoms with E-state index in [0.29, 0.717) is 12.1 Å². The number of nitrogens with one attached hydrogen (secondary N) is 1. The first-order valence-corrected chi connectivity index (χ1v) is 2.51. The molecule has 0 aliphatic heterocycles. The topological polar surface area (TPSA) is 66.9 Å². The smallest absolute Gasteiger partial charge is 0.223 e. The second kappa shape index (κ2) is 3.18. The zero-order valence-corrected chi connectivity index (χ0v) is 4.90. The van der Waals surface area contributed by atoms with Gasteiger partial charge in [0.2, 0.25) is 5.91 Å². The molecule has 46 valence electrons. The molecule has 0 aliphatic carbocycles. The Bertz CT molecular complexity index is 109. The first kappa shape index (κ1) is 7.14. The van der Waals surface area contributed by atoms with E-state index in [1.54, 1.807) is 0 Å². The molecule has 3 N–H and O–H groups in total. The molecular formula is C5H10N2O. The van der Waals surface area contributed by atoms with E-state index in [1.807, 2.05) is 6.92 Å². The van der Waals surface area contributed by atoms with Gasteiger partial charge in [-0.25, -0.2) is 0 Å². The summed E-state index contributed by atoms with van der Waals surface area (Å²) in [6.07, 6.45) is 0.722. The molecule has 0 radical (unpaired) electrons. The van der Waals surface area contributed by atoms with Crippen LogP contribution in [-0.4, -0.2) is 11.6 Å². The molecule has 0 aromatic rings. The molecular weight excluding hydrogens is 104 g/mol. The van der Waals surface area contributed by atoms with Crippen molar-refractivity contribution in [2.45, 2.75) is 19.8 Å². The van der Waals surface area contributed by atoms with Crippen molar-refractivity contribution < 1.29 is 4.79 Å². The molecule has 0 fully saturated rings. The van der Waals surface area contributed by atoms with E-state index in [0.717, 1.165) is 0 Å². The summed E-state index contributed by atoms with van der Waals surface area (Å²) in [5.74, 6) is -0.420. The van der Waals surface area contributed by atoms with E-state index in [4.69, 9.17) is 11.1 Å². The molecule has 3 nitrogen and oxygen atoms in total. The van der Waals surface area contributed by atoms with Crippen LogP contribution in [0.15, 0.2) is 0 Å². The van der Waals surface area contributed by atoms with E-state index in [-0.39, 0.29) is 6.42 Å². The Kier molecular flexibility index (Phi) is 2.84. The molecule has 0 aromatic carbocycles. The highest BCUT2D eigenvalue weighted by Crippen LogP contribution is 1.85. The van der Waals surface area contributed by atoms with Gasteiger partial charge in [0.15, 0.2) is 0 Å². The fourth-order valence-electron chi connectivity index (χ4n) is 0.335. The van der Waals surface area contributed by atoms with Crippen LogP contribution in [0.4, 0.5) is 0 Å². The second-order valence-electron chi connectivity index (χ2n) is 1.60. The van der Waals surface area contributed by atoms with Gasteiger partial charge in [0.1, 0.15) is 0 Å². The zero-order chi connectivity index (χ0) is 6.57. The predicted molar refractivity (Wildman–Crippen MR) is 31.8 cm³/mol. The predicted octanol–water partition coefficient (Wildman–Crippen LogP) is 0.292. The van der Waals surface area contributed by atoms with Crippen LogP contribution >= 0.6 is 0 Å². The third-order valence-electron chi connectivity index (χ3n) is 0.814. The number of hydrogen-bond acceptors (Lipinski definition) is 2. The summed E-state index contributed by atoms with van der Waals surface area (Å²) in [4.78, 5) is 10.0. The van der Waals surface area contributed by atoms with E-state index < -0.39 is 5.91 Å². The monoisotopic (exact) mass is 114 g/mol. The summed E-state index contributed by atoms with van der Waals surface area (Å²) in [6.45, 7) is 1.82. The Balaban J connectivity index is 3.40. The lowest BCUT2D eigenvalue weighted by atomic mass is 10.2. The Morgan fingerprint density at radius 3 is 2.38 bits per heavy atom. The van der Waals surface area contributed by atoms with Crippen molar-refractivity contribution in [2.24, 2.45) is 5.73 Å². The summed E-state index contributed by atoms with van der Waals surface area (Å²) >= 11 is 0. The molecule has 0 heterocycles. The summed E-state index contributed by atoms with van der Waals surface area (Å²) in [6, 6.07) is 0. The van der Waals surface area contributed by atoms with Crippen molar-refractivity contribution >= 4 is 11.6 Å². The van der Waals surface area contributed by atoms with Crippen LogP contribution in [0.5, 0.6) is 0 Å². The minimum absolute atomic E-state index is 0.108. The SMILES string of the molecule is CCC(=N)CC(N)=O. The van der Waals surface area contributed by atoms with Crippen LogP contribution in [0.3, 0.4) is 0 Å². The molecule has 0 rings (SSSR count). The van der Waals surface area contributed by atoms with Gasteiger partial charge in [-0.2, -0.15) is 0 Å². The standard InChI is InChI=1S/C5H10N2O/c1-2-4(6)3-5(7)8/h6H,2-3H2,1H3,(H2,7,8). The van der Waals surface area contributed by atoms with E-state index in [1.165, 1.54) is 0 Å². The van der Waals surface area contributed by atoms with Crippen LogP contribution in [0.25, 0.3) is 0 Å². The first-order valence-electron chi connectivity index (χ1n) is 2.51. The van der Waals surface area contributed by atoms with Crippen molar-refractivity contribution in [2.75, 3.05) is 0 Å². The maximum Gasteiger partial charge on any atom is 0.223 e. The minimum atomic E-state index is -0.420. The van der Waals surface area contributed by atoms with Crippen molar-refractivity contribution in [3.63, 3.8) is 0 Å². The average Bonchev–Trinajstić information content (AvgIpc) is 1.65. The van der Waals surface area contributed by atoms with Gasteiger partial charge < -0.3 is 11.1 Å². The van der Waals surface area contributed by atoms with Crippen molar-refractivity contribution in [3.05, 3.63) is 0 Å². The summed E-state index contributed by atoms with van der Waals surface area (Å²) in [5, 5.41) is 6.97. The Labute approximate surface area is 48.4 Å². The number of primary amides is 1. The average molecular weight is 114 g/mol. The van der Waals surface area contributed by atoms with Gasteiger partial charge in [0.05, 0.1) is 6.42 Å². The van der Waals surface area contributed by atoms with Crippen molar-refractivity contribution in [3.8, 4) is 0 Å². The van der Waals surface area contributed by atoms with Gasteiger partial charge in [-0.1, -0.05) is 6.92 Å². The maximum absolute atomic E-state index is 10.0. The zero-order valence-electron chi connectivity index (χ0n) is 4.90. The molecule has 0 aromatic heterocycles. The quantitative estimate of drug-likeness (QED) is 0.509. The molecule has 0 saturated heterocycles. The fourth-order valence-corrected chi connectivity index (χ4v) is 0.335. The Morgan fingerprint density at radius 2 is 2.25 bits per heavy atom. The highest BCUT2D eigenvalue weighted by Gasteiger charge is 1.96. The summed E-state index contributed by atoms with van der Waals surface area (Å²) < 4.78 is 0. The van der Waals surface area contributed by atoms with Gasteiger partial charge >= 0.3 is 0 Å². The summed E-state index contributed by atoms with van der Waals surface area (Å²) in [7, 11) is 0. The first-order chi connectivity index (χ1) is 3.66. The van der Waals surface area contributed by atoms with Gasteiger partial charge in [-0.3, -0.25) is 4.79 Å². The Morgan fingerprint density at radius 1 is 1.75 bits per heavy atom. The third-order valence-corrected chi connectivity index (χ3v) is 0.814. The number of carbonyl (C=O) groups is 1. The van der Waals surface area contributed by atoms with Gasteiger partial charge in [0, 0.05) is 5.71 Å². The minimum Gasteiger partial charge on any atom is -0.369 e. The number of hydrogen-bond donors (Lipinski definition) is 2. The number of carbonyl (C=O) groups excluding carboxylic acids is 1. The van der Waals surface area contributed by atoms with E-state index >= 15 is 0 Å². The van der Waals surface area contributed by atoms with Crippen LogP contribution < -0.4 is 5.73 Å². The lowest BCUT2D eigenvalue weighted by molar-refractivity contribution is -0.116. The van der Waals surface area contributed by atoms with Crippen molar-refractivity contribution in [1.29, 1.82) is 5.41 Å². The molecule has 0 bridgehead atoms. The molecule has 0 spiro atoms. The second-order valence-corrected chi connectivity index (χ2v) is 1.60. The number of nitrogens with two attached hydrogens (primary N) is 1. The van der Waals surface area contributed by atoms with E-state index in [9.17, 15) is 4.79 Å². The maximum atomic E-state index is 10.0. The van der Waals surface area contributed by atoms with Crippen LogP contribution in [0, 0.1) is 5.41 Å². The van der Waals surface area contributed by atoms with Gasteiger partial charge in [0.25, 0.3) is 0 Å². The highest BCUT2D eigenvalue weighted by molar-refractivity contribution is 5.98. The molecule has 3 heteroatoms. The molecule has 1 amide bonds. The molecule has 0 aliphatic rings. The normalized spacial score (nSPS) is 8.62. The fraction of sp³-hybridized carbons (Fsp3) is 0.600. The van der Waals surface area contributed by atoms with Crippen LogP contribution in [0.1, 0.15) is 19.8 Å². The lowest BCUT2D eigenvalue weighted by Gasteiger charge is -1.91. The number of rotatable bonds is 3. The lowest BCUT2D eigenvalue weighted by Crippen LogP contribution is -2.14. The molecule has 0 unspecified atom stereocenters. The number of amides is 1. The van der Waals surface area contributed by atoms with Gasteiger partial charge in [-0.05, 0) is 6.42 Å². The largest absolute Gasteiger partial charge is 0.369 e. The summed E-state index contributed by atoms with van der Waals surface area (Å²) in [5.41, 5.74) is 5.19. The van der Waals surface area contributed by atoms with Crippen molar-refractivity contribution in [1.82, 2.24) is 0 Å². The molecule has 8 heavy (non-hydrogen) atoms. The molecule has 0 saturated carbocycles. The van der Waals surface area contributed by atoms with E-state index in [2.05, 4.69) is 0 Å². The van der Waals surface area contributed by atoms with Crippen LogP contribution in [0.2, 0.25) is 0 Å². The van der Waals surface area contributed by atoms with Gasteiger partial charge in [-0.15, -0.1) is 0 Å². The van der Waals surface area contributed by atoms with Crippen LogP contribution in [-0.2, 0) is 4.79 Å².